The minimum atomic E-state index is -0.813. The average Bonchev–Trinajstić information content (AvgIpc) is 2.70. The molecule has 0 aromatic heterocycles. The molecule has 5 nitrogen and oxygen atoms in total. The van der Waals surface area contributed by atoms with E-state index >= 15 is 0 Å². The van der Waals surface area contributed by atoms with Gasteiger partial charge in [-0.15, -0.1) is 0 Å². The van der Waals surface area contributed by atoms with Crippen molar-refractivity contribution in [2.45, 2.75) is 25.7 Å². The van der Waals surface area contributed by atoms with Crippen molar-refractivity contribution in [3.63, 3.8) is 0 Å². The van der Waals surface area contributed by atoms with E-state index in [0.717, 1.165) is 31.4 Å². The molecule has 2 aromatic rings. The Balaban J connectivity index is 1.36. The number of halogens is 3. The van der Waals surface area contributed by atoms with Gasteiger partial charge in [0.25, 0.3) is 0 Å². The van der Waals surface area contributed by atoms with Crippen molar-refractivity contribution >= 4 is 17.6 Å². The molecule has 1 saturated heterocycles. The molecule has 0 unspecified atom stereocenters. The van der Waals surface area contributed by atoms with Gasteiger partial charge in [0.2, 0.25) is 5.91 Å². The fraction of sp³-hybridized carbons (Fsp3) is 0.364. The fourth-order valence-corrected chi connectivity index (χ4v) is 3.52. The van der Waals surface area contributed by atoms with Crippen LogP contribution in [0.1, 0.15) is 24.8 Å². The molecule has 30 heavy (non-hydrogen) atoms. The number of benzene rings is 2. The third-order valence-electron chi connectivity index (χ3n) is 5.20. The summed E-state index contributed by atoms with van der Waals surface area (Å²) < 4.78 is 39.8. The van der Waals surface area contributed by atoms with Crippen LogP contribution in [0.3, 0.4) is 0 Å². The Hall–Kier alpha value is -3.03. The largest absolute Gasteiger partial charge is 0.356 e. The van der Waals surface area contributed by atoms with Crippen molar-refractivity contribution in [1.82, 2.24) is 10.2 Å². The van der Waals surface area contributed by atoms with Crippen LogP contribution in [-0.2, 0) is 11.2 Å². The minimum Gasteiger partial charge on any atom is -0.356 e. The molecule has 0 spiro atoms. The quantitative estimate of drug-likeness (QED) is 0.741. The first-order chi connectivity index (χ1) is 14.4. The summed E-state index contributed by atoms with van der Waals surface area (Å²) in [6.45, 7) is 1.57. The third kappa shape index (κ3) is 6.23. The van der Waals surface area contributed by atoms with Crippen LogP contribution < -0.4 is 10.6 Å². The number of piperidine rings is 1. The highest BCUT2D eigenvalue weighted by Crippen LogP contribution is 2.22. The number of hydrogen-bond donors (Lipinski definition) is 2. The highest BCUT2D eigenvalue weighted by molar-refractivity contribution is 5.89. The van der Waals surface area contributed by atoms with E-state index in [-0.39, 0.29) is 23.8 Å². The lowest BCUT2D eigenvalue weighted by Gasteiger charge is -2.32. The standard InChI is InChI=1S/C22H24F3N3O2/c23-17-3-1-2-16(12-17)13-21(29)26-9-6-15-7-10-28(11-8-15)22(30)27-20-5-4-18(24)14-19(20)25/h1-5,12,14-15H,6-11,13H2,(H,26,29)(H,27,30). The molecule has 0 saturated carbocycles. The molecule has 0 bridgehead atoms. The number of rotatable bonds is 6. The molecule has 3 amide bonds. The number of hydrogen-bond acceptors (Lipinski definition) is 2. The van der Waals surface area contributed by atoms with Gasteiger partial charge >= 0.3 is 6.03 Å². The summed E-state index contributed by atoms with van der Waals surface area (Å²) in [6.07, 6.45) is 2.48. The predicted molar refractivity (Wildman–Crippen MR) is 107 cm³/mol. The summed E-state index contributed by atoms with van der Waals surface area (Å²) in [5, 5.41) is 5.32. The Kier molecular flexibility index (Phi) is 7.32. The Morgan fingerprint density at radius 2 is 1.73 bits per heavy atom. The number of carbonyl (C=O) groups is 2. The number of anilines is 1. The Bertz CT molecular complexity index is 899. The maximum Gasteiger partial charge on any atom is 0.321 e. The Morgan fingerprint density at radius 1 is 1.00 bits per heavy atom. The van der Waals surface area contributed by atoms with E-state index in [4.69, 9.17) is 0 Å². The van der Waals surface area contributed by atoms with Crippen LogP contribution in [0.2, 0.25) is 0 Å². The zero-order chi connectivity index (χ0) is 21.5. The molecule has 0 atom stereocenters. The van der Waals surface area contributed by atoms with Gasteiger partial charge in [0.15, 0.2) is 0 Å². The average molecular weight is 419 g/mol. The molecule has 1 fully saturated rings. The fourth-order valence-electron chi connectivity index (χ4n) is 3.52. The molecule has 0 radical (unpaired) electrons. The summed E-state index contributed by atoms with van der Waals surface area (Å²) in [5.74, 6) is -1.66. The zero-order valence-corrected chi connectivity index (χ0v) is 16.5. The number of nitrogens with one attached hydrogen (secondary N) is 2. The SMILES string of the molecule is O=C(Cc1cccc(F)c1)NCCC1CCN(C(=O)Nc2ccc(F)cc2F)CC1. The molecule has 2 aromatic carbocycles. The van der Waals surface area contributed by atoms with E-state index in [1.807, 2.05) is 0 Å². The van der Waals surface area contributed by atoms with Gasteiger partial charge in [0.1, 0.15) is 17.5 Å². The van der Waals surface area contributed by atoms with E-state index in [1.165, 1.54) is 18.2 Å². The first-order valence-corrected chi connectivity index (χ1v) is 9.93. The van der Waals surface area contributed by atoms with E-state index in [2.05, 4.69) is 10.6 Å². The van der Waals surface area contributed by atoms with Crippen molar-refractivity contribution in [2.75, 3.05) is 25.0 Å². The van der Waals surface area contributed by atoms with Gasteiger partial charge in [0, 0.05) is 25.7 Å². The molecular weight excluding hydrogens is 395 g/mol. The lowest BCUT2D eigenvalue weighted by molar-refractivity contribution is -0.120. The molecule has 0 aliphatic carbocycles. The number of likely N-dealkylation sites (tertiary alicyclic amines) is 1. The molecule has 8 heteroatoms. The summed E-state index contributed by atoms with van der Waals surface area (Å²) in [5.41, 5.74) is 0.578. The normalized spacial score (nSPS) is 14.4. The van der Waals surface area contributed by atoms with Gasteiger partial charge in [-0.05, 0) is 55.0 Å². The number of carbonyl (C=O) groups excluding carboxylic acids is 2. The monoisotopic (exact) mass is 419 g/mol. The van der Waals surface area contributed by atoms with E-state index < -0.39 is 17.7 Å². The maximum atomic E-state index is 13.7. The van der Waals surface area contributed by atoms with Crippen LogP contribution in [-0.4, -0.2) is 36.5 Å². The molecule has 1 heterocycles. The Labute approximate surface area is 173 Å². The van der Waals surface area contributed by atoms with Crippen molar-refractivity contribution in [3.05, 3.63) is 65.5 Å². The van der Waals surface area contributed by atoms with Crippen molar-refractivity contribution in [1.29, 1.82) is 0 Å². The number of urea groups is 1. The highest BCUT2D eigenvalue weighted by Gasteiger charge is 2.23. The van der Waals surface area contributed by atoms with Crippen molar-refractivity contribution in [3.8, 4) is 0 Å². The van der Waals surface area contributed by atoms with Crippen LogP contribution >= 0.6 is 0 Å². The van der Waals surface area contributed by atoms with Crippen molar-refractivity contribution in [2.24, 2.45) is 5.92 Å². The van der Waals surface area contributed by atoms with Crippen LogP contribution in [0.25, 0.3) is 0 Å². The summed E-state index contributed by atoms with van der Waals surface area (Å²) in [7, 11) is 0. The van der Waals surface area contributed by atoms with E-state index in [0.29, 0.717) is 31.1 Å². The van der Waals surface area contributed by atoms with Crippen LogP contribution in [0, 0.1) is 23.4 Å². The second kappa shape index (κ2) is 10.1. The third-order valence-corrected chi connectivity index (χ3v) is 5.20. The molecule has 1 aliphatic rings. The van der Waals surface area contributed by atoms with Crippen molar-refractivity contribution < 1.29 is 22.8 Å². The van der Waals surface area contributed by atoms with Crippen LogP contribution in [0.15, 0.2) is 42.5 Å². The predicted octanol–water partition coefficient (Wildman–Crippen LogP) is 4.10. The second-order valence-corrected chi connectivity index (χ2v) is 7.43. The van der Waals surface area contributed by atoms with Gasteiger partial charge in [-0.1, -0.05) is 12.1 Å². The number of nitrogens with zero attached hydrogens (tertiary/aromatic N) is 1. The second-order valence-electron chi connectivity index (χ2n) is 7.43. The highest BCUT2D eigenvalue weighted by atomic mass is 19.1. The summed E-state index contributed by atoms with van der Waals surface area (Å²) in [6, 6.07) is 8.57. The molecular formula is C22H24F3N3O2. The van der Waals surface area contributed by atoms with E-state index in [1.54, 1.807) is 17.0 Å². The lowest BCUT2D eigenvalue weighted by Crippen LogP contribution is -2.41. The maximum absolute atomic E-state index is 13.7. The molecule has 2 N–H and O–H groups in total. The summed E-state index contributed by atoms with van der Waals surface area (Å²) in [4.78, 5) is 25.9. The first-order valence-electron chi connectivity index (χ1n) is 9.93. The molecule has 160 valence electrons. The number of amides is 3. The zero-order valence-electron chi connectivity index (χ0n) is 16.5. The van der Waals surface area contributed by atoms with Gasteiger partial charge in [-0.3, -0.25) is 4.79 Å². The van der Waals surface area contributed by atoms with E-state index in [9.17, 15) is 22.8 Å². The smallest absolute Gasteiger partial charge is 0.321 e. The molecule has 1 aliphatic heterocycles. The Morgan fingerprint density at radius 3 is 2.43 bits per heavy atom. The first kappa shape index (κ1) is 21.7. The molecule has 3 rings (SSSR count). The van der Waals surface area contributed by atoms with Crippen LogP contribution in [0.4, 0.5) is 23.7 Å². The summed E-state index contributed by atoms with van der Waals surface area (Å²) >= 11 is 0. The van der Waals surface area contributed by atoms with Gasteiger partial charge < -0.3 is 15.5 Å². The minimum absolute atomic E-state index is 0.0514. The van der Waals surface area contributed by atoms with Gasteiger partial charge in [-0.25, -0.2) is 18.0 Å². The topological polar surface area (TPSA) is 61.4 Å². The van der Waals surface area contributed by atoms with Crippen LogP contribution in [0.5, 0.6) is 0 Å². The van der Waals surface area contributed by atoms with Gasteiger partial charge in [-0.2, -0.15) is 0 Å². The lowest BCUT2D eigenvalue weighted by atomic mass is 9.93. The van der Waals surface area contributed by atoms with Gasteiger partial charge in [0.05, 0.1) is 12.1 Å².